The highest BCUT2D eigenvalue weighted by molar-refractivity contribution is 7.23. The average molecular weight is 512 g/mol. The molecule has 0 aliphatic carbocycles. The van der Waals surface area contributed by atoms with E-state index < -0.39 is 11.9 Å². The van der Waals surface area contributed by atoms with Gasteiger partial charge in [0.2, 0.25) is 0 Å². The van der Waals surface area contributed by atoms with E-state index in [9.17, 15) is 14.7 Å². The van der Waals surface area contributed by atoms with E-state index in [-0.39, 0.29) is 11.3 Å². The lowest BCUT2D eigenvalue weighted by Gasteiger charge is -2.31. The topological polar surface area (TPSA) is 73.2 Å². The summed E-state index contributed by atoms with van der Waals surface area (Å²) >= 11 is 3.03. The number of benzene rings is 2. The number of carboxylic acid groups (broad SMARTS) is 1. The molecule has 1 amide bonds. The number of hydrogen-bond donors (Lipinski definition) is 1. The van der Waals surface area contributed by atoms with Crippen molar-refractivity contribution in [2.75, 3.05) is 16.5 Å². The zero-order valence-corrected chi connectivity index (χ0v) is 20.8. The minimum absolute atomic E-state index is 0.0873. The number of aryl methyl sites for hydroxylation is 1. The van der Waals surface area contributed by atoms with Crippen molar-refractivity contribution in [3.8, 4) is 9.75 Å². The monoisotopic (exact) mass is 511 g/mol. The second-order valence-corrected chi connectivity index (χ2v) is 10.5. The lowest BCUT2D eigenvalue weighted by Crippen LogP contribution is -2.24. The maximum atomic E-state index is 13.3. The van der Waals surface area contributed by atoms with Gasteiger partial charge in [-0.3, -0.25) is 4.79 Å². The minimum Gasteiger partial charge on any atom is -0.476 e. The van der Waals surface area contributed by atoms with Gasteiger partial charge < -0.3 is 10.0 Å². The normalized spacial score (nSPS) is 16.4. The Morgan fingerprint density at radius 1 is 1.00 bits per heavy atom. The Hall–Kier alpha value is -4.01. The van der Waals surface area contributed by atoms with Crippen molar-refractivity contribution in [1.29, 1.82) is 0 Å². The number of nitrogens with zero attached hydrogens (tertiary/aromatic N) is 3. The maximum Gasteiger partial charge on any atom is 0.357 e. The lowest BCUT2D eigenvalue weighted by atomic mass is 9.97. The van der Waals surface area contributed by atoms with Crippen molar-refractivity contribution in [3.63, 3.8) is 0 Å². The number of hydrogen-bond acceptors (Lipinski definition) is 6. The second kappa shape index (κ2) is 9.22. The number of anilines is 3. The number of thiophene rings is 2. The van der Waals surface area contributed by atoms with Crippen LogP contribution in [0.25, 0.3) is 15.8 Å². The number of para-hydroxylation sites is 1. The smallest absolute Gasteiger partial charge is 0.357 e. The number of carboxylic acids is 1. The van der Waals surface area contributed by atoms with Crippen LogP contribution in [0.1, 0.15) is 17.5 Å². The van der Waals surface area contributed by atoms with Crippen molar-refractivity contribution in [2.24, 2.45) is 5.10 Å². The lowest BCUT2D eigenvalue weighted by molar-refractivity contribution is -0.129. The van der Waals surface area contributed by atoms with E-state index in [1.54, 1.807) is 23.5 Å². The summed E-state index contributed by atoms with van der Waals surface area (Å²) in [6.07, 6.45) is 3.59. The van der Waals surface area contributed by atoms with Gasteiger partial charge in [-0.05, 0) is 77.9 Å². The van der Waals surface area contributed by atoms with E-state index in [0.29, 0.717) is 5.00 Å². The Balaban J connectivity index is 1.32. The number of fused-ring (bicyclic) bond motifs is 1. The third-order valence-electron chi connectivity index (χ3n) is 6.25. The molecule has 0 saturated heterocycles. The first-order chi connectivity index (χ1) is 17.6. The van der Waals surface area contributed by atoms with Gasteiger partial charge in [-0.1, -0.05) is 30.3 Å². The zero-order valence-electron chi connectivity index (χ0n) is 19.1. The fraction of sp³-hybridized carbons (Fsp3) is 0.107. The summed E-state index contributed by atoms with van der Waals surface area (Å²) in [5.41, 5.74) is 4.09. The van der Waals surface area contributed by atoms with Crippen LogP contribution in [0.2, 0.25) is 0 Å². The highest BCUT2D eigenvalue weighted by Gasteiger charge is 2.36. The summed E-state index contributed by atoms with van der Waals surface area (Å²) in [6.45, 7) is 0.939. The summed E-state index contributed by atoms with van der Waals surface area (Å²) in [5.74, 6) is -1.66. The number of rotatable bonds is 5. The van der Waals surface area contributed by atoms with Crippen LogP contribution in [-0.2, 0) is 16.0 Å². The Kier molecular flexibility index (Phi) is 5.75. The van der Waals surface area contributed by atoms with Crippen LogP contribution in [0.3, 0.4) is 0 Å². The van der Waals surface area contributed by atoms with Crippen molar-refractivity contribution >= 4 is 62.7 Å². The number of amides is 1. The number of carbonyl (C=O) groups is 2. The van der Waals surface area contributed by atoms with Crippen molar-refractivity contribution < 1.29 is 14.7 Å². The fourth-order valence-corrected chi connectivity index (χ4v) is 6.39. The van der Waals surface area contributed by atoms with Gasteiger partial charge in [0.1, 0.15) is 5.00 Å². The van der Waals surface area contributed by atoms with Crippen LogP contribution in [0.5, 0.6) is 0 Å². The molecule has 0 bridgehead atoms. The van der Waals surface area contributed by atoms with Crippen LogP contribution in [0, 0.1) is 0 Å². The summed E-state index contributed by atoms with van der Waals surface area (Å²) in [6, 6.07) is 24.0. The predicted octanol–water partition coefficient (Wildman–Crippen LogP) is 6.43. The molecule has 0 radical (unpaired) electrons. The molecule has 0 spiro atoms. The third kappa shape index (κ3) is 4.04. The maximum absolute atomic E-state index is 13.3. The van der Waals surface area contributed by atoms with Crippen LogP contribution >= 0.6 is 22.7 Å². The van der Waals surface area contributed by atoms with Crippen LogP contribution in [0.4, 0.5) is 16.4 Å². The van der Waals surface area contributed by atoms with E-state index >= 15 is 0 Å². The molecule has 2 aromatic carbocycles. The molecule has 2 aromatic heterocycles. The first kappa shape index (κ1) is 22.5. The highest BCUT2D eigenvalue weighted by Crippen LogP contribution is 2.39. The predicted molar refractivity (Wildman–Crippen MR) is 146 cm³/mol. The van der Waals surface area contributed by atoms with Gasteiger partial charge in [0.15, 0.2) is 5.71 Å². The van der Waals surface area contributed by atoms with Crippen LogP contribution in [0.15, 0.2) is 88.9 Å². The molecule has 0 fully saturated rings. The van der Waals surface area contributed by atoms with Gasteiger partial charge in [-0.15, -0.1) is 22.7 Å². The van der Waals surface area contributed by atoms with E-state index in [1.807, 2.05) is 53.9 Å². The molecule has 6 nitrogen and oxygen atoms in total. The number of hydrazone groups is 1. The molecule has 4 heterocycles. The van der Waals surface area contributed by atoms with Gasteiger partial charge in [0.05, 0.1) is 5.57 Å². The summed E-state index contributed by atoms with van der Waals surface area (Å²) in [5, 5.41) is 17.8. The van der Waals surface area contributed by atoms with Crippen molar-refractivity contribution in [1.82, 2.24) is 0 Å². The van der Waals surface area contributed by atoms with Gasteiger partial charge in [0, 0.05) is 27.7 Å². The van der Waals surface area contributed by atoms with Crippen molar-refractivity contribution in [2.45, 2.75) is 12.8 Å². The molecule has 178 valence electrons. The molecular weight excluding hydrogens is 490 g/mol. The quantitative estimate of drug-likeness (QED) is 0.313. The molecule has 4 aromatic rings. The van der Waals surface area contributed by atoms with Crippen LogP contribution < -0.4 is 9.91 Å². The highest BCUT2D eigenvalue weighted by atomic mass is 32.1. The van der Waals surface area contributed by atoms with E-state index in [4.69, 9.17) is 0 Å². The summed E-state index contributed by atoms with van der Waals surface area (Å²) < 4.78 is 0. The molecule has 0 unspecified atom stereocenters. The Labute approximate surface area is 216 Å². The third-order valence-corrected chi connectivity index (χ3v) is 8.37. The Morgan fingerprint density at radius 2 is 1.86 bits per heavy atom. The molecular formula is C28H21N3O3S2. The average Bonchev–Trinajstić information content (AvgIpc) is 3.65. The van der Waals surface area contributed by atoms with Crippen molar-refractivity contribution in [3.05, 3.63) is 94.9 Å². The fourth-order valence-electron chi connectivity index (χ4n) is 4.59. The Bertz CT molecular complexity index is 1520. The van der Waals surface area contributed by atoms with Gasteiger partial charge in [-0.2, -0.15) is 10.1 Å². The van der Waals surface area contributed by atoms with Gasteiger partial charge in [0.25, 0.3) is 5.91 Å². The van der Waals surface area contributed by atoms with Crippen LogP contribution in [-0.4, -0.2) is 29.2 Å². The Morgan fingerprint density at radius 3 is 2.64 bits per heavy atom. The molecule has 6 rings (SSSR count). The standard InChI is InChI=1S/C28H21N3O3S2/c32-27-21(26(28(33)34)29-31(27)25-13-12-24(36-25)23-9-5-15-35-23)17-18-10-11-22-19(16-18)6-4-14-30(22)20-7-2-1-3-8-20/h1-3,5,7-13,15-17H,4,6,14H2,(H,33,34). The van der Waals surface area contributed by atoms with Gasteiger partial charge >= 0.3 is 5.97 Å². The number of aliphatic carboxylic acids is 1. The SMILES string of the molecule is O=C(O)C1=NN(c2ccc(-c3cccs3)s2)C(=O)C1=Cc1ccc2c(c1)CCCN2c1ccccc1. The first-order valence-corrected chi connectivity index (χ1v) is 13.3. The van der Waals surface area contributed by atoms with Gasteiger partial charge in [-0.25, -0.2) is 4.79 Å². The molecule has 8 heteroatoms. The molecule has 0 saturated carbocycles. The zero-order chi connectivity index (χ0) is 24.6. The largest absolute Gasteiger partial charge is 0.476 e. The summed E-state index contributed by atoms with van der Waals surface area (Å²) in [7, 11) is 0. The summed E-state index contributed by atoms with van der Waals surface area (Å²) in [4.78, 5) is 29.7. The van der Waals surface area contributed by atoms with E-state index in [2.05, 4.69) is 28.2 Å². The molecule has 1 N–H and O–H groups in total. The molecule has 2 aliphatic heterocycles. The first-order valence-electron chi connectivity index (χ1n) is 11.6. The molecule has 36 heavy (non-hydrogen) atoms. The van der Waals surface area contributed by atoms with E-state index in [1.165, 1.54) is 21.9 Å². The number of carbonyl (C=O) groups excluding carboxylic acids is 1. The van der Waals surface area contributed by atoms with E-state index in [0.717, 1.165) is 46.1 Å². The minimum atomic E-state index is -1.22. The molecule has 0 atom stereocenters. The second-order valence-electron chi connectivity index (χ2n) is 8.52. The molecule has 2 aliphatic rings.